The van der Waals surface area contributed by atoms with Gasteiger partial charge in [0.1, 0.15) is 12.4 Å². The number of carbonyl (C=O) groups is 1. The molecule has 1 amide bonds. The van der Waals surface area contributed by atoms with Gasteiger partial charge in [-0.05, 0) is 80.2 Å². The van der Waals surface area contributed by atoms with E-state index in [1.54, 1.807) is 12.3 Å². The minimum atomic E-state index is -0.296. The maximum atomic E-state index is 14.0. The number of anilines is 1. The van der Waals surface area contributed by atoms with Crippen molar-refractivity contribution < 1.29 is 9.18 Å². The first kappa shape index (κ1) is 23.7. The van der Waals surface area contributed by atoms with Crippen molar-refractivity contribution in [3.8, 4) is 5.69 Å². The first-order valence-electron chi connectivity index (χ1n) is 11.7. The van der Waals surface area contributed by atoms with Crippen LogP contribution in [-0.4, -0.2) is 32.0 Å². The number of pyridine rings is 1. The first-order valence-corrected chi connectivity index (χ1v) is 12.1. The SMILES string of the molecule is Cc1cc(C2C(c3ccccn3)NC(=S)N2CC(=O)Nc2ccccc2)c(C)n1-c1cccc(F)c1. The Kier molecular flexibility index (Phi) is 6.52. The van der Waals surface area contributed by atoms with E-state index >= 15 is 0 Å². The Hall–Kier alpha value is -4.04. The van der Waals surface area contributed by atoms with Crippen molar-refractivity contribution in [2.24, 2.45) is 0 Å². The molecule has 2 unspecified atom stereocenters. The van der Waals surface area contributed by atoms with Crippen LogP contribution in [0.25, 0.3) is 5.69 Å². The van der Waals surface area contributed by atoms with Crippen LogP contribution in [0.4, 0.5) is 10.1 Å². The number of halogens is 1. The predicted octanol–water partition coefficient (Wildman–Crippen LogP) is 5.24. The van der Waals surface area contributed by atoms with E-state index in [4.69, 9.17) is 12.2 Å². The van der Waals surface area contributed by atoms with E-state index in [-0.39, 0.29) is 30.4 Å². The number of benzene rings is 2. The summed E-state index contributed by atoms with van der Waals surface area (Å²) in [6, 6.07) is 23.2. The van der Waals surface area contributed by atoms with Gasteiger partial charge in [0.2, 0.25) is 5.91 Å². The van der Waals surface area contributed by atoms with Gasteiger partial charge in [-0.2, -0.15) is 0 Å². The highest BCUT2D eigenvalue weighted by Crippen LogP contribution is 2.41. The largest absolute Gasteiger partial charge is 0.352 e. The number of para-hydroxylation sites is 1. The molecule has 2 aromatic carbocycles. The molecular weight excluding hydrogens is 473 g/mol. The molecule has 182 valence electrons. The van der Waals surface area contributed by atoms with Gasteiger partial charge < -0.3 is 20.1 Å². The summed E-state index contributed by atoms with van der Waals surface area (Å²) in [5, 5.41) is 6.82. The van der Waals surface area contributed by atoms with Crippen molar-refractivity contribution >= 4 is 28.9 Å². The molecule has 1 aliphatic heterocycles. The van der Waals surface area contributed by atoms with Crippen molar-refractivity contribution in [2.45, 2.75) is 25.9 Å². The van der Waals surface area contributed by atoms with E-state index in [1.165, 1.54) is 12.1 Å². The second-order valence-electron chi connectivity index (χ2n) is 8.81. The molecule has 1 saturated heterocycles. The zero-order valence-electron chi connectivity index (χ0n) is 20.0. The number of amides is 1. The molecule has 1 fully saturated rings. The van der Waals surface area contributed by atoms with Gasteiger partial charge in [-0.3, -0.25) is 9.78 Å². The van der Waals surface area contributed by atoms with E-state index in [0.29, 0.717) is 5.11 Å². The summed E-state index contributed by atoms with van der Waals surface area (Å²) in [6.45, 7) is 4.06. The van der Waals surface area contributed by atoms with Crippen molar-refractivity contribution in [3.63, 3.8) is 0 Å². The van der Waals surface area contributed by atoms with Gasteiger partial charge in [-0.15, -0.1) is 0 Å². The Morgan fingerprint density at radius 3 is 2.56 bits per heavy atom. The summed E-state index contributed by atoms with van der Waals surface area (Å²) in [5.41, 5.74) is 5.19. The molecule has 36 heavy (non-hydrogen) atoms. The minimum absolute atomic E-state index is 0.0678. The molecule has 0 spiro atoms. The fraction of sp³-hybridized carbons (Fsp3) is 0.179. The fourth-order valence-corrected chi connectivity index (χ4v) is 5.20. The van der Waals surface area contributed by atoms with Gasteiger partial charge in [0, 0.05) is 29.0 Å². The van der Waals surface area contributed by atoms with Gasteiger partial charge >= 0.3 is 0 Å². The highest BCUT2D eigenvalue weighted by atomic mass is 32.1. The first-order chi connectivity index (χ1) is 17.4. The number of nitrogens with one attached hydrogen (secondary N) is 2. The summed E-state index contributed by atoms with van der Waals surface area (Å²) >= 11 is 5.72. The summed E-state index contributed by atoms with van der Waals surface area (Å²) in [6.07, 6.45) is 1.75. The van der Waals surface area contributed by atoms with Gasteiger partial charge in [0.05, 0.1) is 17.8 Å². The lowest BCUT2D eigenvalue weighted by atomic mass is 9.96. The van der Waals surface area contributed by atoms with Crippen LogP contribution in [-0.2, 0) is 4.79 Å². The lowest BCUT2D eigenvalue weighted by Crippen LogP contribution is -2.37. The molecule has 0 bridgehead atoms. The number of hydrogen-bond donors (Lipinski definition) is 2. The molecule has 1 aliphatic rings. The monoisotopic (exact) mass is 499 g/mol. The third kappa shape index (κ3) is 4.59. The lowest BCUT2D eigenvalue weighted by molar-refractivity contribution is -0.116. The highest BCUT2D eigenvalue weighted by Gasteiger charge is 2.42. The molecule has 0 saturated carbocycles. The topological polar surface area (TPSA) is 62.2 Å². The van der Waals surface area contributed by atoms with Crippen LogP contribution >= 0.6 is 12.2 Å². The van der Waals surface area contributed by atoms with Gasteiger partial charge in [-0.1, -0.05) is 30.3 Å². The van der Waals surface area contributed by atoms with Crippen LogP contribution in [0.3, 0.4) is 0 Å². The van der Waals surface area contributed by atoms with E-state index in [9.17, 15) is 9.18 Å². The van der Waals surface area contributed by atoms with Crippen LogP contribution in [0.5, 0.6) is 0 Å². The standard InChI is InChI=1S/C28H26FN5OS/c1-18-15-23(19(2)34(18)22-12-8-9-20(29)16-22)27-26(24-13-6-7-14-30-24)32-28(36)33(27)17-25(35)31-21-10-4-3-5-11-21/h3-16,26-27H,17H2,1-2H3,(H,31,35)(H,32,36). The predicted molar refractivity (Wildman–Crippen MR) is 142 cm³/mol. The molecular formula is C28H26FN5OS. The maximum Gasteiger partial charge on any atom is 0.244 e. The molecule has 2 aromatic heterocycles. The number of thiocarbonyl (C=S) groups is 1. The number of nitrogens with zero attached hydrogens (tertiary/aromatic N) is 3. The van der Waals surface area contributed by atoms with Crippen molar-refractivity contribution in [1.82, 2.24) is 19.8 Å². The molecule has 4 aromatic rings. The molecule has 5 rings (SSSR count). The smallest absolute Gasteiger partial charge is 0.244 e. The van der Waals surface area contributed by atoms with E-state index in [1.807, 2.05) is 77.9 Å². The number of hydrogen-bond acceptors (Lipinski definition) is 3. The van der Waals surface area contributed by atoms with Gasteiger partial charge in [-0.25, -0.2) is 4.39 Å². The summed E-state index contributed by atoms with van der Waals surface area (Å²) in [7, 11) is 0. The second kappa shape index (κ2) is 9.91. The zero-order chi connectivity index (χ0) is 25.2. The summed E-state index contributed by atoms with van der Waals surface area (Å²) < 4.78 is 16.1. The van der Waals surface area contributed by atoms with Crippen molar-refractivity contribution in [1.29, 1.82) is 0 Å². The summed E-state index contributed by atoms with van der Waals surface area (Å²) in [5.74, 6) is -0.466. The zero-order valence-corrected chi connectivity index (χ0v) is 20.8. The van der Waals surface area contributed by atoms with Crippen molar-refractivity contribution in [3.05, 3.63) is 114 Å². The Morgan fingerprint density at radius 1 is 1.06 bits per heavy atom. The van der Waals surface area contributed by atoms with Crippen LogP contribution < -0.4 is 10.6 Å². The molecule has 0 radical (unpaired) electrons. The Labute approximate surface area is 214 Å². The lowest BCUT2D eigenvalue weighted by Gasteiger charge is -2.27. The molecule has 2 N–H and O–H groups in total. The minimum Gasteiger partial charge on any atom is -0.352 e. The van der Waals surface area contributed by atoms with E-state index in [0.717, 1.165) is 34.0 Å². The number of aryl methyl sites for hydroxylation is 1. The Morgan fingerprint density at radius 2 is 1.83 bits per heavy atom. The normalized spacial score (nSPS) is 17.2. The summed E-state index contributed by atoms with van der Waals surface area (Å²) in [4.78, 5) is 19.5. The van der Waals surface area contributed by atoms with E-state index < -0.39 is 0 Å². The number of rotatable bonds is 6. The Balaban J connectivity index is 1.54. The van der Waals surface area contributed by atoms with Crippen molar-refractivity contribution in [2.75, 3.05) is 11.9 Å². The highest BCUT2D eigenvalue weighted by molar-refractivity contribution is 7.80. The average Bonchev–Trinajstić information content (AvgIpc) is 3.35. The van der Waals surface area contributed by atoms with Gasteiger partial charge in [0.25, 0.3) is 0 Å². The molecule has 6 nitrogen and oxygen atoms in total. The van der Waals surface area contributed by atoms with E-state index in [2.05, 4.69) is 21.7 Å². The maximum absolute atomic E-state index is 14.0. The number of carbonyl (C=O) groups excluding carboxylic acids is 1. The van der Waals surface area contributed by atoms with Crippen LogP contribution in [0, 0.1) is 19.7 Å². The quantitative estimate of drug-likeness (QED) is 0.355. The molecule has 8 heteroatoms. The molecule has 3 heterocycles. The fourth-order valence-electron chi connectivity index (χ4n) is 4.89. The Bertz CT molecular complexity index is 1410. The van der Waals surface area contributed by atoms with Crippen LogP contribution in [0.2, 0.25) is 0 Å². The van der Waals surface area contributed by atoms with Crippen LogP contribution in [0.1, 0.15) is 34.7 Å². The second-order valence-corrected chi connectivity index (χ2v) is 9.20. The number of aromatic nitrogens is 2. The average molecular weight is 500 g/mol. The van der Waals surface area contributed by atoms with Gasteiger partial charge in [0.15, 0.2) is 5.11 Å². The molecule has 2 atom stereocenters. The third-order valence-electron chi connectivity index (χ3n) is 6.42. The van der Waals surface area contributed by atoms with Crippen LogP contribution in [0.15, 0.2) is 85.1 Å². The third-order valence-corrected chi connectivity index (χ3v) is 6.78. The molecule has 0 aliphatic carbocycles.